The van der Waals surface area contributed by atoms with Gasteiger partial charge in [0, 0.05) is 31.2 Å². The van der Waals surface area contributed by atoms with Gasteiger partial charge in [-0.25, -0.2) is 0 Å². The highest BCUT2D eigenvalue weighted by Gasteiger charge is 2.53. The lowest BCUT2D eigenvalue weighted by Gasteiger charge is -2.21. The number of nitrogens with one attached hydrogen (secondary N) is 1. The van der Waals surface area contributed by atoms with Crippen molar-refractivity contribution in [2.45, 2.75) is 70.0 Å². The monoisotopic (exact) mass is 234 g/mol. The van der Waals surface area contributed by atoms with Gasteiger partial charge in [0.15, 0.2) is 0 Å². The summed E-state index contributed by atoms with van der Waals surface area (Å²) in [7, 11) is 0. The van der Waals surface area contributed by atoms with Crippen LogP contribution in [0.15, 0.2) is 0 Å². The average molecular weight is 234 g/mol. The summed E-state index contributed by atoms with van der Waals surface area (Å²) in [5.41, 5.74) is 0.774. The lowest BCUT2D eigenvalue weighted by atomic mass is 10.00. The Balaban J connectivity index is 1.29. The Morgan fingerprint density at radius 1 is 1.18 bits per heavy atom. The predicted octanol–water partition coefficient (Wildman–Crippen LogP) is 2.39. The molecule has 4 aliphatic rings. The molecule has 0 bridgehead atoms. The molecule has 4 rings (SSSR count). The van der Waals surface area contributed by atoms with Gasteiger partial charge in [0.05, 0.1) is 0 Å². The van der Waals surface area contributed by atoms with E-state index in [0.29, 0.717) is 0 Å². The fourth-order valence-electron chi connectivity index (χ4n) is 4.05. The summed E-state index contributed by atoms with van der Waals surface area (Å²) in [5, 5.41) is 3.91. The zero-order chi connectivity index (χ0) is 11.5. The Hall–Kier alpha value is -0.0800. The molecule has 0 amide bonds. The minimum Gasteiger partial charge on any atom is -0.312 e. The molecule has 1 aliphatic heterocycles. The molecular formula is C15H26N2. The first-order chi connectivity index (χ1) is 8.27. The predicted molar refractivity (Wildman–Crippen MR) is 70.0 cm³/mol. The third-order valence-corrected chi connectivity index (χ3v) is 5.72. The van der Waals surface area contributed by atoms with Gasteiger partial charge >= 0.3 is 0 Å². The third-order valence-electron chi connectivity index (χ3n) is 5.72. The average Bonchev–Trinajstić information content (AvgIpc) is 3.17. The first-order valence-corrected chi connectivity index (χ1v) is 7.76. The van der Waals surface area contributed by atoms with Crippen molar-refractivity contribution in [2.24, 2.45) is 11.3 Å². The van der Waals surface area contributed by atoms with E-state index < -0.39 is 0 Å². The van der Waals surface area contributed by atoms with E-state index in [4.69, 9.17) is 0 Å². The van der Waals surface area contributed by atoms with Crippen molar-refractivity contribution in [1.29, 1.82) is 0 Å². The van der Waals surface area contributed by atoms with Crippen LogP contribution in [0.1, 0.15) is 51.9 Å². The van der Waals surface area contributed by atoms with Gasteiger partial charge in [-0.3, -0.25) is 4.90 Å². The van der Waals surface area contributed by atoms with E-state index in [1.54, 1.807) is 0 Å². The SMILES string of the molecule is CC1CC(NCC2(C3CC3)CC2)CN1C1CC1. The van der Waals surface area contributed by atoms with E-state index in [1.807, 2.05) is 0 Å². The molecule has 4 fully saturated rings. The third kappa shape index (κ3) is 2.04. The summed E-state index contributed by atoms with van der Waals surface area (Å²) in [4.78, 5) is 2.76. The Morgan fingerprint density at radius 3 is 2.53 bits per heavy atom. The lowest BCUT2D eigenvalue weighted by molar-refractivity contribution is 0.253. The maximum atomic E-state index is 3.91. The molecule has 96 valence electrons. The van der Waals surface area contributed by atoms with Gasteiger partial charge in [-0.1, -0.05) is 0 Å². The minimum atomic E-state index is 0.774. The van der Waals surface area contributed by atoms with Crippen LogP contribution in [-0.2, 0) is 0 Å². The van der Waals surface area contributed by atoms with E-state index in [9.17, 15) is 0 Å². The first-order valence-electron chi connectivity index (χ1n) is 7.76. The van der Waals surface area contributed by atoms with E-state index >= 15 is 0 Å². The van der Waals surface area contributed by atoms with Gasteiger partial charge in [-0.05, 0) is 63.2 Å². The second-order valence-corrected chi connectivity index (χ2v) is 7.23. The highest BCUT2D eigenvalue weighted by atomic mass is 15.3. The molecule has 0 spiro atoms. The molecule has 17 heavy (non-hydrogen) atoms. The van der Waals surface area contributed by atoms with Crippen LogP contribution in [0.25, 0.3) is 0 Å². The maximum Gasteiger partial charge on any atom is 0.0210 e. The van der Waals surface area contributed by atoms with Crippen molar-refractivity contribution >= 4 is 0 Å². The summed E-state index contributed by atoms with van der Waals surface area (Å²) in [6.07, 6.45) is 10.4. The number of rotatable bonds is 5. The minimum absolute atomic E-state index is 0.774. The molecule has 1 heterocycles. The maximum absolute atomic E-state index is 3.91. The highest BCUT2D eigenvalue weighted by molar-refractivity contribution is 5.06. The Labute approximate surface area is 105 Å². The van der Waals surface area contributed by atoms with Crippen LogP contribution >= 0.6 is 0 Å². The summed E-state index contributed by atoms with van der Waals surface area (Å²) in [6.45, 7) is 5.08. The van der Waals surface area contributed by atoms with Gasteiger partial charge in [0.25, 0.3) is 0 Å². The van der Waals surface area contributed by atoms with Crippen molar-refractivity contribution in [1.82, 2.24) is 10.2 Å². The number of hydrogen-bond acceptors (Lipinski definition) is 2. The van der Waals surface area contributed by atoms with Gasteiger partial charge < -0.3 is 5.32 Å². The Bertz CT molecular complexity index is 302. The molecule has 0 radical (unpaired) electrons. The Morgan fingerprint density at radius 2 is 1.94 bits per heavy atom. The molecule has 3 aliphatic carbocycles. The van der Waals surface area contributed by atoms with Gasteiger partial charge in [-0.15, -0.1) is 0 Å². The smallest absolute Gasteiger partial charge is 0.0210 e. The molecule has 0 aromatic heterocycles. The second kappa shape index (κ2) is 3.71. The quantitative estimate of drug-likeness (QED) is 0.786. The molecule has 1 saturated heterocycles. The fourth-order valence-corrected chi connectivity index (χ4v) is 4.05. The van der Waals surface area contributed by atoms with Gasteiger partial charge in [-0.2, -0.15) is 0 Å². The molecule has 2 heteroatoms. The van der Waals surface area contributed by atoms with Crippen LogP contribution in [0.4, 0.5) is 0 Å². The van der Waals surface area contributed by atoms with Gasteiger partial charge in [0.1, 0.15) is 0 Å². The normalized spacial score (nSPS) is 40.8. The molecule has 3 saturated carbocycles. The molecular weight excluding hydrogens is 208 g/mol. The van der Waals surface area contributed by atoms with Crippen LogP contribution in [0, 0.1) is 11.3 Å². The number of hydrogen-bond donors (Lipinski definition) is 1. The van der Waals surface area contributed by atoms with Crippen molar-refractivity contribution in [2.75, 3.05) is 13.1 Å². The fraction of sp³-hybridized carbons (Fsp3) is 1.00. The highest BCUT2D eigenvalue weighted by Crippen LogP contribution is 2.60. The van der Waals surface area contributed by atoms with E-state index in [0.717, 1.165) is 29.5 Å². The van der Waals surface area contributed by atoms with Crippen LogP contribution in [-0.4, -0.2) is 36.1 Å². The van der Waals surface area contributed by atoms with E-state index in [1.165, 1.54) is 58.0 Å². The standard InChI is InChI=1S/C15H26N2/c1-11-8-13(9-17(11)14-4-5-14)16-10-15(6-7-15)12-2-3-12/h11-14,16H,2-10H2,1H3. The van der Waals surface area contributed by atoms with E-state index in [-0.39, 0.29) is 0 Å². The largest absolute Gasteiger partial charge is 0.312 e. The van der Waals surface area contributed by atoms with Crippen LogP contribution in [0.2, 0.25) is 0 Å². The van der Waals surface area contributed by atoms with Crippen molar-refractivity contribution in [3.8, 4) is 0 Å². The van der Waals surface area contributed by atoms with Crippen molar-refractivity contribution in [3.63, 3.8) is 0 Å². The topological polar surface area (TPSA) is 15.3 Å². The molecule has 2 nitrogen and oxygen atoms in total. The number of likely N-dealkylation sites (tertiary alicyclic amines) is 1. The molecule has 2 atom stereocenters. The number of nitrogens with zero attached hydrogens (tertiary/aromatic N) is 1. The molecule has 1 N–H and O–H groups in total. The van der Waals surface area contributed by atoms with E-state index in [2.05, 4.69) is 17.1 Å². The summed E-state index contributed by atoms with van der Waals surface area (Å²) < 4.78 is 0. The van der Waals surface area contributed by atoms with Crippen LogP contribution in [0.5, 0.6) is 0 Å². The molecule has 0 aromatic rings. The zero-order valence-electron chi connectivity index (χ0n) is 11.1. The summed E-state index contributed by atoms with van der Waals surface area (Å²) >= 11 is 0. The van der Waals surface area contributed by atoms with Crippen LogP contribution in [0.3, 0.4) is 0 Å². The lowest BCUT2D eigenvalue weighted by Crippen LogP contribution is -2.37. The second-order valence-electron chi connectivity index (χ2n) is 7.23. The summed E-state index contributed by atoms with van der Waals surface area (Å²) in [5.74, 6) is 1.10. The van der Waals surface area contributed by atoms with Gasteiger partial charge in [0.2, 0.25) is 0 Å². The molecule has 2 unspecified atom stereocenters. The Kier molecular flexibility index (Phi) is 2.36. The van der Waals surface area contributed by atoms with Crippen LogP contribution < -0.4 is 5.32 Å². The zero-order valence-corrected chi connectivity index (χ0v) is 11.1. The van der Waals surface area contributed by atoms with Crippen molar-refractivity contribution < 1.29 is 0 Å². The first kappa shape index (κ1) is 10.8. The molecule has 0 aromatic carbocycles. The summed E-state index contributed by atoms with van der Waals surface area (Å²) in [6, 6.07) is 2.58. The van der Waals surface area contributed by atoms with Crippen molar-refractivity contribution in [3.05, 3.63) is 0 Å².